The second kappa shape index (κ2) is 11.8. The van der Waals surface area contributed by atoms with Gasteiger partial charge in [0.1, 0.15) is 12.4 Å². The highest BCUT2D eigenvalue weighted by molar-refractivity contribution is 6.74. The maximum Gasteiger partial charge on any atom is 0.192 e. The van der Waals surface area contributed by atoms with Crippen LogP contribution in [0, 0.1) is 5.92 Å². The van der Waals surface area contributed by atoms with E-state index in [1.807, 2.05) is 0 Å². The van der Waals surface area contributed by atoms with E-state index in [0.717, 1.165) is 42.6 Å². The Bertz CT molecular complexity index is 410. The third-order valence-electron chi connectivity index (χ3n) is 6.88. The van der Waals surface area contributed by atoms with Crippen LogP contribution in [-0.4, -0.2) is 55.1 Å². The summed E-state index contributed by atoms with van der Waals surface area (Å²) < 4.78 is 25.1. The van der Waals surface area contributed by atoms with Gasteiger partial charge in [-0.2, -0.15) is 0 Å². The second-order valence-electron chi connectivity index (χ2n) is 7.73. The predicted molar refractivity (Wildman–Crippen MR) is 115 cm³/mol. The number of hydrogen-bond donors (Lipinski definition) is 0. The van der Waals surface area contributed by atoms with Gasteiger partial charge in [-0.1, -0.05) is 41.5 Å². The molecule has 0 unspecified atom stereocenters. The summed E-state index contributed by atoms with van der Waals surface area (Å²) in [5, 5.41) is 0. The van der Waals surface area contributed by atoms with E-state index in [-0.39, 0.29) is 18.1 Å². The summed E-state index contributed by atoms with van der Waals surface area (Å²) in [5.41, 5.74) is 0. The van der Waals surface area contributed by atoms with Gasteiger partial charge in [0, 0.05) is 19.4 Å². The van der Waals surface area contributed by atoms with Gasteiger partial charge in [-0.3, -0.25) is 0 Å². The van der Waals surface area contributed by atoms with E-state index in [4.69, 9.17) is 18.3 Å². The Balaban J connectivity index is 2.99. The first-order chi connectivity index (χ1) is 12.9. The molecule has 0 bridgehead atoms. The van der Waals surface area contributed by atoms with Crippen LogP contribution in [0.3, 0.4) is 0 Å². The molecule has 1 aliphatic heterocycles. The van der Waals surface area contributed by atoms with Crippen LogP contribution in [0.4, 0.5) is 0 Å². The summed E-state index contributed by atoms with van der Waals surface area (Å²) in [4.78, 5) is 11.4. The zero-order chi connectivity index (χ0) is 20.5. The van der Waals surface area contributed by atoms with Crippen molar-refractivity contribution >= 4 is 22.9 Å². The molecule has 0 aromatic heterocycles. The van der Waals surface area contributed by atoms with E-state index in [1.54, 1.807) is 7.11 Å². The first kappa shape index (κ1) is 25.0. The fourth-order valence-corrected chi connectivity index (χ4v) is 9.75. The Morgan fingerprint density at radius 3 is 1.81 bits per heavy atom. The standard InChI is InChI=1S/C20H42O5Si2/c1-8-26(9-2,10-3)23-16-18-17(14-15-21)19(20(22-7)24-18)25-27(11-4,12-5)13-6/h15,17-20H,8-14,16H2,1-7H3/t17-,18-,19-,20-/m1/s1. The number of aldehydes is 1. The molecule has 1 rings (SSSR count). The highest BCUT2D eigenvalue weighted by Gasteiger charge is 2.49. The van der Waals surface area contributed by atoms with Crippen LogP contribution >= 0.6 is 0 Å². The minimum atomic E-state index is -1.83. The lowest BCUT2D eigenvalue weighted by molar-refractivity contribution is -0.149. The number of rotatable bonds is 14. The second-order valence-corrected chi connectivity index (χ2v) is 17.2. The Labute approximate surface area is 168 Å². The summed E-state index contributed by atoms with van der Waals surface area (Å²) >= 11 is 0. The molecule has 0 aromatic carbocycles. The largest absolute Gasteiger partial charge is 0.414 e. The van der Waals surface area contributed by atoms with E-state index in [2.05, 4.69) is 41.5 Å². The minimum Gasteiger partial charge on any atom is -0.414 e. The lowest BCUT2D eigenvalue weighted by Gasteiger charge is -2.35. The third-order valence-corrected chi connectivity index (χ3v) is 16.2. The van der Waals surface area contributed by atoms with Gasteiger partial charge in [0.2, 0.25) is 0 Å². The summed E-state index contributed by atoms with van der Waals surface area (Å²) in [5.74, 6) is 0.00115. The minimum absolute atomic E-state index is 0.00115. The Kier molecular flexibility index (Phi) is 10.9. The van der Waals surface area contributed by atoms with E-state index >= 15 is 0 Å². The van der Waals surface area contributed by atoms with E-state index < -0.39 is 22.9 Å². The van der Waals surface area contributed by atoms with E-state index in [1.165, 1.54) is 0 Å². The third kappa shape index (κ3) is 5.96. The van der Waals surface area contributed by atoms with Crippen LogP contribution in [0.5, 0.6) is 0 Å². The van der Waals surface area contributed by atoms with Crippen molar-refractivity contribution in [1.82, 2.24) is 0 Å². The van der Waals surface area contributed by atoms with Crippen molar-refractivity contribution in [3.8, 4) is 0 Å². The topological polar surface area (TPSA) is 54.0 Å². The number of hydrogen-bond acceptors (Lipinski definition) is 5. The molecule has 0 N–H and O–H groups in total. The number of methoxy groups -OCH3 is 1. The van der Waals surface area contributed by atoms with Crippen LogP contribution in [0.15, 0.2) is 0 Å². The van der Waals surface area contributed by atoms with Gasteiger partial charge in [0.15, 0.2) is 22.9 Å². The summed E-state index contributed by atoms with van der Waals surface area (Å²) in [6, 6.07) is 6.53. The first-order valence-electron chi connectivity index (χ1n) is 10.9. The van der Waals surface area contributed by atoms with Crippen molar-refractivity contribution in [2.75, 3.05) is 13.7 Å². The molecule has 7 heteroatoms. The molecular weight excluding hydrogens is 376 g/mol. The van der Waals surface area contributed by atoms with Gasteiger partial charge in [0.25, 0.3) is 0 Å². The van der Waals surface area contributed by atoms with Crippen molar-refractivity contribution in [3.05, 3.63) is 0 Å². The van der Waals surface area contributed by atoms with Crippen LogP contribution < -0.4 is 0 Å². The monoisotopic (exact) mass is 418 g/mol. The predicted octanol–water partition coefficient (Wildman–Crippen LogP) is 4.98. The molecule has 1 aliphatic rings. The normalized spacial score (nSPS) is 26.5. The molecule has 1 saturated heterocycles. The molecule has 0 spiro atoms. The van der Waals surface area contributed by atoms with Crippen molar-refractivity contribution in [3.63, 3.8) is 0 Å². The van der Waals surface area contributed by atoms with Gasteiger partial charge in [-0.25, -0.2) is 0 Å². The Hall–Kier alpha value is -0.0562. The molecule has 4 atom stereocenters. The van der Waals surface area contributed by atoms with Gasteiger partial charge in [-0.15, -0.1) is 0 Å². The number of ether oxygens (including phenoxy) is 2. The molecule has 0 aromatic rings. The molecule has 0 amide bonds. The summed E-state index contributed by atoms with van der Waals surface area (Å²) in [6.45, 7) is 13.9. The van der Waals surface area contributed by atoms with Gasteiger partial charge < -0.3 is 23.1 Å². The molecule has 1 heterocycles. The SMILES string of the molecule is CC[Si](CC)(CC)OC[C@H]1O[C@@H](OC)[C@H](O[Si](CC)(CC)CC)[C@@H]1CC=O. The number of carbonyl (C=O) groups is 1. The maximum atomic E-state index is 11.4. The van der Waals surface area contributed by atoms with Crippen molar-refractivity contribution in [2.24, 2.45) is 5.92 Å². The van der Waals surface area contributed by atoms with Crippen molar-refractivity contribution in [2.45, 2.75) is 103 Å². The molecule has 0 saturated carbocycles. The van der Waals surface area contributed by atoms with Crippen LogP contribution in [0.2, 0.25) is 36.3 Å². The zero-order valence-corrected chi connectivity index (χ0v) is 20.6. The smallest absolute Gasteiger partial charge is 0.192 e. The average molecular weight is 419 g/mol. The van der Waals surface area contributed by atoms with Crippen molar-refractivity contribution < 1.29 is 23.1 Å². The van der Waals surface area contributed by atoms with Crippen LogP contribution in [-0.2, 0) is 23.1 Å². The number of carbonyl (C=O) groups excluding carboxylic acids is 1. The lowest BCUT2D eigenvalue weighted by Crippen LogP contribution is -2.46. The fraction of sp³-hybridized carbons (Fsp3) is 0.950. The molecular formula is C20H42O5Si2. The quantitative estimate of drug-likeness (QED) is 0.294. The first-order valence-corrected chi connectivity index (χ1v) is 15.9. The van der Waals surface area contributed by atoms with Gasteiger partial charge in [0.05, 0.1) is 12.7 Å². The van der Waals surface area contributed by atoms with Crippen LogP contribution in [0.25, 0.3) is 0 Å². The molecule has 1 fully saturated rings. The molecule has 0 radical (unpaired) electrons. The average Bonchev–Trinajstić information content (AvgIpc) is 3.04. The van der Waals surface area contributed by atoms with Gasteiger partial charge >= 0.3 is 0 Å². The van der Waals surface area contributed by atoms with Crippen LogP contribution in [0.1, 0.15) is 48.0 Å². The Morgan fingerprint density at radius 1 is 0.889 bits per heavy atom. The fourth-order valence-electron chi connectivity index (χ4n) is 4.26. The maximum absolute atomic E-state index is 11.4. The molecule has 160 valence electrons. The zero-order valence-electron chi connectivity index (χ0n) is 18.6. The molecule has 27 heavy (non-hydrogen) atoms. The van der Waals surface area contributed by atoms with E-state index in [9.17, 15) is 4.79 Å². The van der Waals surface area contributed by atoms with Crippen molar-refractivity contribution in [1.29, 1.82) is 0 Å². The van der Waals surface area contributed by atoms with E-state index in [0.29, 0.717) is 13.0 Å². The highest BCUT2D eigenvalue weighted by Crippen LogP contribution is 2.37. The lowest BCUT2D eigenvalue weighted by atomic mass is 9.96. The summed E-state index contributed by atoms with van der Waals surface area (Å²) in [7, 11) is -1.86. The highest BCUT2D eigenvalue weighted by atomic mass is 28.4. The molecule has 0 aliphatic carbocycles. The molecule has 5 nitrogen and oxygen atoms in total. The summed E-state index contributed by atoms with van der Waals surface area (Å²) in [6.07, 6.45) is 0.687. The van der Waals surface area contributed by atoms with Gasteiger partial charge in [-0.05, 0) is 36.3 Å². The Morgan fingerprint density at radius 2 is 1.41 bits per heavy atom.